The molecule has 52 heavy (non-hydrogen) atoms. The lowest BCUT2D eigenvalue weighted by Crippen LogP contribution is -2.37. The maximum atomic E-state index is 12.6. The van der Waals surface area contributed by atoms with Crippen LogP contribution in [0, 0.1) is 0 Å². The fraction of sp³-hybridized carbons (Fsp3) is 0.857. The van der Waals surface area contributed by atoms with Gasteiger partial charge in [0.15, 0.2) is 6.10 Å². The minimum atomic E-state index is -4.37. The third kappa shape index (κ3) is 38.2. The first-order valence-corrected chi connectivity index (χ1v) is 22.6. The zero-order chi connectivity index (χ0) is 38.6. The van der Waals surface area contributed by atoms with Crippen LogP contribution in [0.3, 0.4) is 0 Å². The first-order valence-electron chi connectivity index (χ1n) is 21.1. The number of nitrogens with zero attached hydrogens (tertiary/aromatic N) is 1. The van der Waals surface area contributed by atoms with Crippen molar-refractivity contribution in [3.8, 4) is 0 Å². The topological polar surface area (TPSA) is 108 Å². The predicted octanol–water partition coefficient (Wildman–Crippen LogP) is 11.6. The van der Waals surface area contributed by atoms with E-state index in [1.165, 1.54) is 89.9 Å². The maximum Gasteiger partial charge on any atom is 0.472 e. The summed E-state index contributed by atoms with van der Waals surface area (Å²) in [7, 11) is 1.47. The van der Waals surface area contributed by atoms with Gasteiger partial charge in [-0.25, -0.2) is 4.57 Å². The molecule has 0 rings (SSSR count). The van der Waals surface area contributed by atoms with Crippen molar-refractivity contribution in [2.24, 2.45) is 0 Å². The number of esters is 2. The number of rotatable bonds is 38. The first kappa shape index (κ1) is 50.5. The Balaban J connectivity index is 4.41. The second-order valence-electron chi connectivity index (χ2n) is 15.4. The fourth-order valence-corrected chi connectivity index (χ4v) is 6.37. The number of likely N-dealkylation sites (N-methyl/N-ethyl adjacent to an activating group) is 1. The molecule has 0 spiro atoms. The highest BCUT2D eigenvalue weighted by molar-refractivity contribution is 7.47. The fourth-order valence-electron chi connectivity index (χ4n) is 5.63. The highest BCUT2D eigenvalue weighted by Crippen LogP contribution is 2.43. The highest BCUT2D eigenvalue weighted by Gasteiger charge is 2.27. The largest absolute Gasteiger partial charge is 0.472 e. The molecule has 0 aromatic rings. The lowest BCUT2D eigenvalue weighted by molar-refractivity contribution is -0.870. The molecule has 0 fully saturated rings. The van der Waals surface area contributed by atoms with Crippen LogP contribution in [0.25, 0.3) is 0 Å². The SMILES string of the molecule is CCCCC/C=C\C/C=C/CCCCCCCC(=O)O[C@H](COC(=O)CCCCCCCCCCCCCCC)COP(=O)(O)OCC[N+](C)(C)C. The molecule has 0 aromatic carbocycles. The van der Waals surface area contributed by atoms with Crippen molar-refractivity contribution in [2.75, 3.05) is 47.5 Å². The lowest BCUT2D eigenvalue weighted by Gasteiger charge is -2.24. The molecule has 9 nitrogen and oxygen atoms in total. The molecule has 0 amide bonds. The standard InChI is InChI=1S/C42H80NO8P/c1-6-8-10-12-14-16-18-20-21-23-25-27-29-31-33-35-42(45)51-40(39-50-52(46,47)49-37-36-43(3,4)5)38-48-41(44)34-32-30-28-26-24-22-19-17-15-13-11-9-7-2/h14,16,20-21,40H,6-13,15,17-19,22-39H2,1-5H3/p+1/b16-14-,21-20+/t40-/m1/s1. The van der Waals surface area contributed by atoms with Gasteiger partial charge in [-0.3, -0.25) is 18.6 Å². The van der Waals surface area contributed by atoms with Gasteiger partial charge in [0.2, 0.25) is 0 Å². The minimum Gasteiger partial charge on any atom is -0.462 e. The minimum absolute atomic E-state index is 0.0304. The molecule has 0 aliphatic carbocycles. The normalized spacial score (nSPS) is 13.9. The van der Waals surface area contributed by atoms with Gasteiger partial charge in [0.05, 0.1) is 27.7 Å². The molecule has 0 bridgehead atoms. The van der Waals surface area contributed by atoms with Crippen molar-refractivity contribution < 1.29 is 42.1 Å². The van der Waals surface area contributed by atoms with Crippen molar-refractivity contribution in [2.45, 2.75) is 187 Å². The zero-order valence-electron chi connectivity index (χ0n) is 34.3. The number of hydrogen-bond acceptors (Lipinski definition) is 7. The van der Waals surface area contributed by atoms with E-state index in [4.69, 9.17) is 18.5 Å². The van der Waals surface area contributed by atoms with Gasteiger partial charge in [-0.1, -0.05) is 147 Å². The Morgan fingerprint density at radius 1 is 0.596 bits per heavy atom. The van der Waals surface area contributed by atoms with E-state index in [2.05, 4.69) is 38.2 Å². The number of unbranched alkanes of at least 4 members (excludes halogenated alkanes) is 20. The molecule has 0 aliphatic heterocycles. The Kier molecular flexibility index (Phi) is 34.2. The zero-order valence-corrected chi connectivity index (χ0v) is 35.2. The number of quaternary nitrogens is 1. The molecule has 1 N–H and O–H groups in total. The summed E-state index contributed by atoms with van der Waals surface area (Å²) in [5.41, 5.74) is 0. The van der Waals surface area contributed by atoms with Gasteiger partial charge in [-0.05, 0) is 44.9 Å². The number of hydrogen-bond donors (Lipinski definition) is 1. The summed E-state index contributed by atoms with van der Waals surface area (Å²) in [4.78, 5) is 35.3. The van der Waals surface area contributed by atoms with Crippen molar-refractivity contribution >= 4 is 19.8 Å². The van der Waals surface area contributed by atoms with E-state index in [1.54, 1.807) is 0 Å². The van der Waals surface area contributed by atoms with E-state index in [1.807, 2.05) is 21.1 Å². The summed E-state index contributed by atoms with van der Waals surface area (Å²) in [6.07, 6.45) is 36.4. The molecule has 306 valence electrons. The molecule has 0 aliphatic rings. The van der Waals surface area contributed by atoms with Gasteiger partial charge in [0.1, 0.15) is 19.8 Å². The van der Waals surface area contributed by atoms with Gasteiger partial charge >= 0.3 is 19.8 Å². The van der Waals surface area contributed by atoms with Crippen LogP contribution < -0.4 is 0 Å². The molecule has 2 atom stereocenters. The van der Waals surface area contributed by atoms with E-state index in [-0.39, 0.29) is 32.0 Å². The summed E-state index contributed by atoms with van der Waals surface area (Å²) in [5.74, 6) is -0.810. The quantitative estimate of drug-likeness (QED) is 0.0218. The van der Waals surface area contributed by atoms with Gasteiger partial charge in [0, 0.05) is 12.8 Å². The Morgan fingerprint density at radius 3 is 1.56 bits per heavy atom. The number of phosphoric acid groups is 1. The predicted molar refractivity (Wildman–Crippen MR) is 215 cm³/mol. The van der Waals surface area contributed by atoms with Gasteiger partial charge in [0.25, 0.3) is 0 Å². The second-order valence-corrected chi connectivity index (χ2v) is 16.8. The Hall–Kier alpha value is -1.51. The van der Waals surface area contributed by atoms with Gasteiger partial charge in [-0.15, -0.1) is 0 Å². The molecule has 1 unspecified atom stereocenters. The third-order valence-corrected chi connectivity index (χ3v) is 9.97. The summed E-state index contributed by atoms with van der Waals surface area (Å²) < 4.78 is 34.2. The number of carbonyl (C=O) groups excluding carboxylic acids is 2. The van der Waals surface area contributed by atoms with E-state index in [0.717, 1.165) is 57.8 Å². The van der Waals surface area contributed by atoms with Gasteiger partial charge in [-0.2, -0.15) is 0 Å². The average Bonchev–Trinajstić information content (AvgIpc) is 3.09. The van der Waals surface area contributed by atoms with Crippen LogP contribution >= 0.6 is 7.82 Å². The van der Waals surface area contributed by atoms with Crippen LogP contribution in [0.1, 0.15) is 181 Å². The molecular weight excluding hydrogens is 677 g/mol. The van der Waals surface area contributed by atoms with E-state index in [0.29, 0.717) is 17.4 Å². The molecule has 0 radical (unpaired) electrons. The Labute approximate surface area is 319 Å². The smallest absolute Gasteiger partial charge is 0.462 e. The number of allylic oxidation sites excluding steroid dienone is 4. The number of ether oxygens (including phenoxy) is 2. The van der Waals surface area contributed by atoms with E-state index >= 15 is 0 Å². The Bertz CT molecular complexity index is 949. The molecule has 0 saturated carbocycles. The molecule has 0 heterocycles. The van der Waals surface area contributed by atoms with Crippen molar-refractivity contribution in [3.05, 3.63) is 24.3 Å². The summed E-state index contributed by atoms with van der Waals surface area (Å²) in [6.45, 7) is 4.38. The third-order valence-electron chi connectivity index (χ3n) is 8.98. The lowest BCUT2D eigenvalue weighted by atomic mass is 10.0. The summed E-state index contributed by atoms with van der Waals surface area (Å²) in [6, 6.07) is 0. The molecule has 0 saturated heterocycles. The second kappa shape index (κ2) is 35.2. The first-order chi connectivity index (χ1) is 25.0. The van der Waals surface area contributed by atoms with E-state index in [9.17, 15) is 19.0 Å². The van der Waals surface area contributed by atoms with Crippen molar-refractivity contribution in [1.29, 1.82) is 0 Å². The van der Waals surface area contributed by atoms with Crippen LogP contribution in [0.15, 0.2) is 24.3 Å². The summed E-state index contributed by atoms with van der Waals surface area (Å²) >= 11 is 0. The summed E-state index contributed by atoms with van der Waals surface area (Å²) in [5, 5.41) is 0. The van der Waals surface area contributed by atoms with Crippen LogP contribution in [0.4, 0.5) is 0 Å². The van der Waals surface area contributed by atoms with Crippen LogP contribution in [0.2, 0.25) is 0 Å². The molecular formula is C42H81NO8P+. The van der Waals surface area contributed by atoms with Crippen molar-refractivity contribution in [3.63, 3.8) is 0 Å². The van der Waals surface area contributed by atoms with Crippen LogP contribution in [-0.2, 0) is 32.7 Å². The number of phosphoric ester groups is 1. The monoisotopic (exact) mass is 759 g/mol. The molecule has 10 heteroatoms. The van der Waals surface area contributed by atoms with Crippen LogP contribution in [0.5, 0.6) is 0 Å². The van der Waals surface area contributed by atoms with Crippen molar-refractivity contribution in [1.82, 2.24) is 0 Å². The maximum absolute atomic E-state index is 12.6. The molecule has 0 aromatic heterocycles. The highest BCUT2D eigenvalue weighted by atomic mass is 31.2. The average molecular weight is 759 g/mol. The Morgan fingerprint density at radius 2 is 1.04 bits per heavy atom. The van der Waals surface area contributed by atoms with E-state index < -0.39 is 26.5 Å². The number of carbonyl (C=O) groups is 2. The van der Waals surface area contributed by atoms with Crippen LogP contribution in [-0.4, -0.2) is 74.9 Å². The van der Waals surface area contributed by atoms with Gasteiger partial charge < -0.3 is 18.9 Å².